The molecule has 0 aliphatic heterocycles. The summed E-state index contributed by atoms with van der Waals surface area (Å²) in [7, 11) is 1.46. The van der Waals surface area contributed by atoms with Crippen molar-refractivity contribution in [1.82, 2.24) is 5.32 Å². The van der Waals surface area contributed by atoms with E-state index in [4.69, 9.17) is 0 Å². The van der Waals surface area contributed by atoms with Gasteiger partial charge >= 0.3 is 12.7 Å². The molecular formula is C26H22F6N2O4. The fourth-order valence-corrected chi connectivity index (χ4v) is 3.73. The van der Waals surface area contributed by atoms with Gasteiger partial charge in [0.25, 0.3) is 11.8 Å². The van der Waals surface area contributed by atoms with Crippen molar-refractivity contribution in [3.8, 4) is 22.6 Å². The Morgan fingerprint density at radius 1 is 0.684 bits per heavy atom. The molecule has 0 spiro atoms. The Hall–Kier alpha value is -4.22. The number of ether oxygens (including phenoxy) is 2. The van der Waals surface area contributed by atoms with E-state index in [0.717, 1.165) is 18.2 Å². The zero-order chi connectivity index (χ0) is 28.4. The molecule has 0 radical (unpaired) electrons. The summed E-state index contributed by atoms with van der Waals surface area (Å²) in [5, 5.41) is 4.94. The van der Waals surface area contributed by atoms with Gasteiger partial charge in [-0.3, -0.25) is 9.59 Å². The standard InChI is InChI=1S/C26H22F6N2O4/c1-13-5-7-17(21(9-13)37-25(27,28)29)18-8-6-16(12-22(18)38-26(30,31)32)34-24(36)20-11-14(2)19(10-15(20)3)23(35)33-4/h5-12H,1-4H3,(H,33,35)(H,34,36). The summed E-state index contributed by atoms with van der Waals surface area (Å²) in [4.78, 5) is 24.9. The Balaban J connectivity index is 2.03. The van der Waals surface area contributed by atoms with Crippen LogP contribution in [0.2, 0.25) is 0 Å². The van der Waals surface area contributed by atoms with E-state index in [1.165, 1.54) is 44.3 Å². The smallest absolute Gasteiger partial charge is 0.405 e. The van der Waals surface area contributed by atoms with E-state index >= 15 is 0 Å². The van der Waals surface area contributed by atoms with E-state index in [2.05, 4.69) is 20.1 Å². The molecule has 0 aliphatic rings. The van der Waals surface area contributed by atoms with E-state index in [9.17, 15) is 35.9 Å². The van der Waals surface area contributed by atoms with Crippen LogP contribution in [-0.2, 0) is 0 Å². The second-order valence-corrected chi connectivity index (χ2v) is 8.32. The molecule has 0 saturated carbocycles. The predicted molar refractivity (Wildman–Crippen MR) is 127 cm³/mol. The summed E-state index contributed by atoms with van der Waals surface area (Å²) in [5.41, 5.74) is 1.05. The number of benzene rings is 3. The maximum Gasteiger partial charge on any atom is 0.573 e. The van der Waals surface area contributed by atoms with Gasteiger partial charge in [0.05, 0.1) is 0 Å². The fourth-order valence-electron chi connectivity index (χ4n) is 3.73. The van der Waals surface area contributed by atoms with Crippen LogP contribution in [0.5, 0.6) is 11.5 Å². The average molecular weight is 540 g/mol. The molecule has 0 unspecified atom stereocenters. The molecule has 0 heterocycles. The highest BCUT2D eigenvalue weighted by Crippen LogP contribution is 2.42. The highest BCUT2D eigenvalue weighted by atomic mass is 19.4. The lowest BCUT2D eigenvalue weighted by Crippen LogP contribution is -2.21. The van der Waals surface area contributed by atoms with Gasteiger partial charge in [0.15, 0.2) is 0 Å². The van der Waals surface area contributed by atoms with Gasteiger partial charge in [-0.1, -0.05) is 12.1 Å². The van der Waals surface area contributed by atoms with Crippen molar-refractivity contribution < 1.29 is 45.4 Å². The first-order valence-electron chi connectivity index (χ1n) is 11.0. The van der Waals surface area contributed by atoms with Crippen LogP contribution in [0.4, 0.5) is 32.0 Å². The Kier molecular flexibility index (Phi) is 7.94. The molecule has 6 nitrogen and oxygen atoms in total. The van der Waals surface area contributed by atoms with Crippen LogP contribution in [0.1, 0.15) is 37.4 Å². The van der Waals surface area contributed by atoms with Crippen molar-refractivity contribution in [2.24, 2.45) is 0 Å². The lowest BCUT2D eigenvalue weighted by atomic mass is 9.98. The van der Waals surface area contributed by atoms with Gasteiger partial charge in [-0.05, 0) is 67.8 Å². The van der Waals surface area contributed by atoms with Gasteiger partial charge in [-0.25, -0.2) is 0 Å². The molecule has 2 amide bonds. The largest absolute Gasteiger partial charge is 0.573 e. The normalized spacial score (nSPS) is 11.6. The second kappa shape index (κ2) is 10.6. The Morgan fingerprint density at radius 3 is 1.66 bits per heavy atom. The second-order valence-electron chi connectivity index (χ2n) is 8.32. The van der Waals surface area contributed by atoms with Crippen LogP contribution in [-0.4, -0.2) is 31.6 Å². The van der Waals surface area contributed by atoms with Gasteiger partial charge in [0.2, 0.25) is 0 Å². The summed E-state index contributed by atoms with van der Waals surface area (Å²) in [5.74, 6) is -2.61. The van der Waals surface area contributed by atoms with Gasteiger partial charge < -0.3 is 20.1 Å². The average Bonchev–Trinajstić information content (AvgIpc) is 2.78. The lowest BCUT2D eigenvalue weighted by Gasteiger charge is -2.19. The first-order chi connectivity index (χ1) is 17.6. The third-order valence-corrected chi connectivity index (χ3v) is 5.41. The van der Waals surface area contributed by atoms with Crippen molar-refractivity contribution in [2.45, 2.75) is 33.5 Å². The van der Waals surface area contributed by atoms with Crippen LogP contribution in [0.25, 0.3) is 11.1 Å². The van der Waals surface area contributed by atoms with Crippen LogP contribution < -0.4 is 20.1 Å². The molecule has 3 aromatic rings. The summed E-state index contributed by atoms with van der Waals surface area (Å²) < 4.78 is 86.6. The molecule has 3 rings (SSSR count). The van der Waals surface area contributed by atoms with Crippen molar-refractivity contribution in [3.63, 3.8) is 0 Å². The van der Waals surface area contributed by atoms with E-state index in [0.29, 0.717) is 22.3 Å². The molecule has 2 N–H and O–H groups in total. The third kappa shape index (κ3) is 6.96. The first kappa shape index (κ1) is 28.4. The number of halogens is 6. The maximum absolute atomic E-state index is 13.2. The summed E-state index contributed by atoms with van der Waals surface area (Å²) in [6, 6.07) is 9.72. The number of aryl methyl sites for hydroxylation is 3. The number of anilines is 1. The van der Waals surface area contributed by atoms with Crippen molar-refractivity contribution in [2.75, 3.05) is 12.4 Å². The van der Waals surface area contributed by atoms with E-state index < -0.39 is 30.1 Å². The molecule has 0 fully saturated rings. The number of nitrogens with one attached hydrogen (secondary N) is 2. The SMILES string of the molecule is CNC(=O)c1cc(C)c(C(=O)Nc2ccc(-c3ccc(C)cc3OC(F)(F)F)c(OC(F)(F)F)c2)cc1C. The Bertz CT molecular complexity index is 1380. The molecule has 12 heteroatoms. The quantitative estimate of drug-likeness (QED) is 0.342. The van der Waals surface area contributed by atoms with E-state index in [1.54, 1.807) is 13.8 Å². The molecular weight excluding hydrogens is 518 g/mol. The number of hydrogen-bond donors (Lipinski definition) is 2. The van der Waals surface area contributed by atoms with Crippen LogP contribution >= 0.6 is 0 Å². The molecule has 0 saturated heterocycles. The first-order valence-corrected chi connectivity index (χ1v) is 11.0. The number of carbonyl (C=O) groups excluding carboxylic acids is 2. The van der Waals surface area contributed by atoms with Crippen LogP contribution in [0, 0.1) is 20.8 Å². The van der Waals surface area contributed by atoms with Gasteiger partial charge in [0, 0.05) is 41.1 Å². The molecule has 38 heavy (non-hydrogen) atoms. The number of amides is 2. The number of rotatable bonds is 6. The van der Waals surface area contributed by atoms with Crippen LogP contribution in [0.3, 0.4) is 0 Å². The minimum atomic E-state index is -5.18. The highest BCUT2D eigenvalue weighted by Gasteiger charge is 2.35. The van der Waals surface area contributed by atoms with Crippen molar-refractivity contribution in [1.29, 1.82) is 0 Å². The number of alkyl halides is 6. The topological polar surface area (TPSA) is 76.7 Å². The van der Waals surface area contributed by atoms with Crippen molar-refractivity contribution >= 4 is 17.5 Å². The highest BCUT2D eigenvalue weighted by molar-refractivity contribution is 6.07. The van der Waals surface area contributed by atoms with Crippen molar-refractivity contribution in [3.05, 3.63) is 76.3 Å². The molecule has 0 atom stereocenters. The Labute approximate surface area is 213 Å². The lowest BCUT2D eigenvalue weighted by molar-refractivity contribution is -0.276. The molecule has 0 aliphatic carbocycles. The fraction of sp³-hybridized carbons (Fsp3) is 0.231. The minimum absolute atomic E-state index is 0.115. The summed E-state index contributed by atoms with van der Waals surface area (Å²) in [6.45, 7) is 4.69. The molecule has 3 aromatic carbocycles. The number of carbonyl (C=O) groups is 2. The number of hydrogen-bond acceptors (Lipinski definition) is 4. The molecule has 0 bridgehead atoms. The third-order valence-electron chi connectivity index (χ3n) is 5.41. The van der Waals surface area contributed by atoms with Gasteiger partial charge in [-0.15, -0.1) is 26.3 Å². The minimum Gasteiger partial charge on any atom is -0.405 e. The zero-order valence-electron chi connectivity index (χ0n) is 20.5. The monoisotopic (exact) mass is 540 g/mol. The predicted octanol–water partition coefficient (Wildman–Crippen LogP) is 6.69. The molecule has 0 aromatic heterocycles. The summed E-state index contributed by atoms with van der Waals surface area (Å²) in [6.07, 6.45) is -10.3. The maximum atomic E-state index is 13.2. The van der Waals surface area contributed by atoms with E-state index in [1.807, 2.05) is 0 Å². The molecule has 202 valence electrons. The Morgan fingerprint density at radius 2 is 1.16 bits per heavy atom. The van der Waals surface area contributed by atoms with E-state index in [-0.39, 0.29) is 28.3 Å². The van der Waals surface area contributed by atoms with Gasteiger partial charge in [-0.2, -0.15) is 0 Å². The van der Waals surface area contributed by atoms with Gasteiger partial charge in [0.1, 0.15) is 11.5 Å². The zero-order valence-corrected chi connectivity index (χ0v) is 20.5. The summed E-state index contributed by atoms with van der Waals surface area (Å²) >= 11 is 0. The van der Waals surface area contributed by atoms with Crippen LogP contribution in [0.15, 0.2) is 48.5 Å².